The number of hydrogen-bond acceptors (Lipinski definition) is 5. The van der Waals surface area contributed by atoms with E-state index < -0.39 is 30.3 Å². The van der Waals surface area contributed by atoms with Crippen molar-refractivity contribution in [3.63, 3.8) is 0 Å². The maximum absolute atomic E-state index is 13.8. The van der Waals surface area contributed by atoms with E-state index in [4.69, 9.17) is 20.4 Å². The molecule has 12 heteroatoms. The molecule has 252 valence electrons. The third-order valence-corrected chi connectivity index (χ3v) is 15.8. The summed E-state index contributed by atoms with van der Waals surface area (Å²) < 4.78 is 56.4. The molecule has 3 aromatic carbocycles. The van der Waals surface area contributed by atoms with Gasteiger partial charge in [-0.1, -0.05) is 48.3 Å². The van der Waals surface area contributed by atoms with Crippen molar-refractivity contribution in [1.29, 1.82) is 0 Å². The third kappa shape index (κ3) is 7.64. The van der Waals surface area contributed by atoms with Crippen molar-refractivity contribution in [1.82, 2.24) is 5.32 Å². The lowest BCUT2D eigenvalue weighted by Crippen LogP contribution is -2.42. The molecule has 1 fully saturated rings. The Labute approximate surface area is 291 Å². The van der Waals surface area contributed by atoms with Crippen LogP contribution in [-0.4, -0.2) is 42.5 Å². The van der Waals surface area contributed by atoms with Crippen LogP contribution in [0.25, 0.3) is 22.3 Å². The van der Waals surface area contributed by atoms with Gasteiger partial charge in [0.05, 0.1) is 23.6 Å². The fraction of sp³-hybridized carbons (Fsp3) is 0.400. The maximum Gasteiger partial charge on any atom is 0.255 e. The van der Waals surface area contributed by atoms with E-state index >= 15 is 0 Å². The van der Waals surface area contributed by atoms with Crippen LogP contribution in [0.5, 0.6) is 0 Å². The van der Waals surface area contributed by atoms with Gasteiger partial charge in [-0.2, -0.15) is 0 Å². The topological polar surface area (TPSA) is 88.8 Å². The van der Waals surface area contributed by atoms with Gasteiger partial charge in [-0.05, 0) is 103 Å². The zero-order valence-corrected chi connectivity index (χ0v) is 31.9. The summed E-state index contributed by atoms with van der Waals surface area (Å²) in [6.07, 6.45) is 2.94. The van der Waals surface area contributed by atoms with Crippen molar-refractivity contribution < 1.29 is 26.4 Å². The fourth-order valence-corrected chi connectivity index (χ4v) is 8.46. The second kappa shape index (κ2) is 13.3. The largest absolute Gasteiger partial charge is 0.455 e. The minimum atomic E-state index is -3.78. The average molecular weight is 764 g/mol. The number of halogens is 3. The van der Waals surface area contributed by atoms with Gasteiger partial charge in [0.1, 0.15) is 17.2 Å². The standard InChI is InChI=1S/C35H41BrClFN2O5SSi/c1-35(2,3)47(6,7)45-30(26-18-23(37)12-15-28(26)36)16-17-40(46(5,42)43)29-20-31-27(19-25(29)21-8-9-21)32(34(41)39-4)33(44-31)22-10-13-24(38)14-11-22/h10-15,18-21,30H,8-9,16-17H2,1-7H3,(H,39,41). The van der Waals surface area contributed by atoms with Crippen LogP contribution in [-0.2, 0) is 14.4 Å². The summed E-state index contributed by atoms with van der Waals surface area (Å²) in [5.41, 5.74) is 3.43. The maximum atomic E-state index is 13.8. The Kier molecular flexibility index (Phi) is 10.1. The molecule has 5 rings (SSSR count). The molecule has 1 amide bonds. The highest BCUT2D eigenvalue weighted by molar-refractivity contribution is 9.10. The van der Waals surface area contributed by atoms with Crippen LogP contribution in [0, 0.1) is 5.82 Å². The number of anilines is 1. The molecular weight excluding hydrogens is 723 g/mol. The molecule has 0 aliphatic heterocycles. The summed E-state index contributed by atoms with van der Waals surface area (Å²) in [4.78, 5) is 13.2. The SMILES string of the molecule is CNC(=O)c1c(-c2ccc(F)cc2)oc2cc(N(CCC(O[Si](C)(C)C(C)(C)C)c3cc(Cl)ccc3Br)S(C)(=O)=O)c(C3CC3)cc12. The molecule has 0 bridgehead atoms. The van der Waals surface area contributed by atoms with Crippen molar-refractivity contribution in [3.8, 4) is 11.3 Å². The first kappa shape index (κ1) is 35.6. The predicted molar refractivity (Wildman–Crippen MR) is 194 cm³/mol. The number of amides is 1. The molecule has 1 aliphatic carbocycles. The number of sulfonamides is 1. The quantitative estimate of drug-likeness (QED) is 0.154. The Bertz CT molecular complexity index is 1920. The van der Waals surface area contributed by atoms with Crippen LogP contribution in [0.1, 0.15) is 73.5 Å². The van der Waals surface area contributed by atoms with Gasteiger partial charge < -0.3 is 14.2 Å². The van der Waals surface area contributed by atoms with Crippen molar-refractivity contribution in [2.45, 2.75) is 70.2 Å². The molecule has 1 unspecified atom stereocenters. The molecule has 1 heterocycles. The van der Waals surface area contributed by atoms with Gasteiger partial charge in [0.15, 0.2) is 8.32 Å². The Morgan fingerprint density at radius 3 is 2.38 bits per heavy atom. The van der Waals surface area contributed by atoms with Crippen LogP contribution < -0.4 is 9.62 Å². The average Bonchev–Trinajstić information content (AvgIpc) is 3.76. The molecule has 0 spiro atoms. The summed E-state index contributed by atoms with van der Waals surface area (Å²) >= 11 is 10.1. The number of carbonyl (C=O) groups is 1. The van der Waals surface area contributed by atoms with E-state index in [9.17, 15) is 17.6 Å². The van der Waals surface area contributed by atoms with Crippen molar-refractivity contribution in [2.24, 2.45) is 0 Å². The Morgan fingerprint density at radius 2 is 1.81 bits per heavy atom. The van der Waals surface area contributed by atoms with Crippen molar-refractivity contribution >= 4 is 68.4 Å². The highest BCUT2D eigenvalue weighted by Crippen LogP contribution is 2.49. The Morgan fingerprint density at radius 1 is 1.15 bits per heavy atom. The first-order chi connectivity index (χ1) is 21.9. The van der Waals surface area contributed by atoms with Gasteiger partial charge in [0.2, 0.25) is 10.0 Å². The lowest BCUT2D eigenvalue weighted by molar-refractivity contribution is 0.0964. The number of furan rings is 1. The zero-order valence-electron chi connectivity index (χ0n) is 27.7. The Balaban J connectivity index is 1.62. The molecule has 7 nitrogen and oxygen atoms in total. The van der Waals surface area contributed by atoms with E-state index in [1.807, 2.05) is 18.2 Å². The molecule has 0 saturated heterocycles. The number of carbonyl (C=O) groups excluding carboxylic acids is 1. The lowest BCUT2D eigenvalue weighted by atomic mass is 10.00. The van der Waals surface area contributed by atoms with Crippen LogP contribution in [0.2, 0.25) is 23.2 Å². The molecule has 1 saturated carbocycles. The highest BCUT2D eigenvalue weighted by Gasteiger charge is 2.40. The summed E-state index contributed by atoms with van der Waals surface area (Å²) in [6, 6.07) is 14.9. The molecule has 1 aliphatic rings. The van der Waals surface area contributed by atoms with Gasteiger partial charge in [-0.3, -0.25) is 9.10 Å². The second-order valence-electron chi connectivity index (χ2n) is 13.7. The minimum absolute atomic E-state index is 0.0823. The molecule has 1 atom stereocenters. The van der Waals surface area contributed by atoms with Crippen LogP contribution >= 0.6 is 27.5 Å². The van der Waals surface area contributed by atoms with Gasteiger partial charge >= 0.3 is 0 Å². The van der Waals surface area contributed by atoms with E-state index in [1.165, 1.54) is 29.7 Å². The second-order valence-corrected chi connectivity index (χ2v) is 21.7. The van der Waals surface area contributed by atoms with Gasteiger partial charge in [-0.15, -0.1) is 0 Å². The lowest BCUT2D eigenvalue weighted by Gasteiger charge is -2.40. The summed E-state index contributed by atoms with van der Waals surface area (Å²) in [5, 5.41) is 3.75. The normalized spacial score (nSPS) is 14.8. The third-order valence-electron chi connectivity index (χ3n) is 9.23. The number of benzene rings is 3. The smallest absolute Gasteiger partial charge is 0.255 e. The molecule has 1 N–H and O–H groups in total. The summed E-state index contributed by atoms with van der Waals surface area (Å²) in [5.74, 6) is -0.330. The number of fused-ring (bicyclic) bond motifs is 1. The Hall–Kier alpha value is -2.70. The van der Waals surface area contributed by atoms with Crippen molar-refractivity contribution in [3.05, 3.63) is 86.6 Å². The number of hydrogen-bond donors (Lipinski definition) is 1. The monoisotopic (exact) mass is 762 g/mol. The van der Waals surface area contributed by atoms with Gasteiger partial charge in [0, 0.05) is 40.1 Å². The molecule has 47 heavy (non-hydrogen) atoms. The highest BCUT2D eigenvalue weighted by atomic mass is 79.9. The van der Waals surface area contributed by atoms with E-state index in [2.05, 4.69) is 55.1 Å². The summed E-state index contributed by atoms with van der Waals surface area (Å²) in [7, 11) is -4.54. The van der Waals surface area contributed by atoms with Gasteiger partial charge in [0.25, 0.3) is 5.91 Å². The van der Waals surface area contributed by atoms with E-state index in [-0.39, 0.29) is 29.2 Å². The van der Waals surface area contributed by atoms with E-state index in [0.29, 0.717) is 39.2 Å². The minimum Gasteiger partial charge on any atom is -0.455 e. The number of nitrogens with one attached hydrogen (secondary N) is 1. The molecule has 0 radical (unpaired) electrons. The van der Waals surface area contributed by atoms with Crippen LogP contribution in [0.3, 0.4) is 0 Å². The van der Waals surface area contributed by atoms with Crippen LogP contribution in [0.15, 0.2) is 63.5 Å². The number of rotatable bonds is 11. The summed E-state index contributed by atoms with van der Waals surface area (Å²) in [6.45, 7) is 11.0. The molecule has 4 aromatic rings. The number of nitrogens with zero attached hydrogens (tertiary/aromatic N) is 1. The molecular formula is C35H41BrClFN2O5SSi. The first-order valence-electron chi connectivity index (χ1n) is 15.6. The van der Waals surface area contributed by atoms with Crippen LogP contribution in [0.4, 0.5) is 10.1 Å². The zero-order chi connectivity index (χ0) is 34.5. The van der Waals surface area contributed by atoms with E-state index in [0.717, 1.165) is 28.4 Å². The first-order valence-corrected chi connectivity index (χ1v) is 21.5. The van der Waals surface area contributed by atoms with Crippen molar-refractivity contribution in [2.75, 3.05) is 24.2 Å². The van der Waals surface area contributed by atoms with Gasteiger partial charge in [-0.25, -0.2) is 12.8 Å². The predicted octanol–water partition coefficient (Wildman–Crippen LogP) is 9.81. The fourth-order valence-electron chi connectivity index (χ4n) is 5.51. The molecule has 1 aromatic heterocycles. The van der Waals surface area contributed by atoms with E-state index in [1.54, 1.807) is 24.3 Å².